The van der Waals surface area contributed by atoms with Gasteiger partial charge in [0.15, 0.2) is 5.96 Å². The molecule has 0 amide bonds. The number of guanidine groups is 1. The molecule has 0 atom stereocenters. The van der Waals surface area contributed by atoms with Gasteiger partial charge in [-0.15, -0.1) is 0 Å². The van der Waals surface area contributed by atoms with Gasteiger partial charge in [0.1, 0.15) is 0 Å². The Labute approximate surface area is 155 Å². The zero-order valence-electron chi connectivity index (χ0n) is 16.7. The predicted octanol–water partition coefficient (Wildman–Crippen LogP) is 3.14. The summed E-state index contributed by atoms with van der Waals surface area (Å²) in [5, 5.41) is 16.3. The molecule has 1 aliphatic rings. The van der Waals surface area contributed by atoms with Crippen LogP contribution in [0.1, 0.15) is 78.1 Å². The van der Waals surface area contributed by atoms with Crippen LogP contribution in [-0.2, 0) is 0 Å². The van der Waals surface area contributed by atoms with E-state index < -0.39 is 0 Å². The lowest BCUT2D eigenvalue weighted by Gasteiger charge is -2.29. The number of likely N-dealkylation sites (tertiary alicyclic amines) is 1. The minimum absolute atomic E-state index is 0.0783. The third-order valence-electron chi connectivity index (χ3n) is 4.88. The average molecular weight is 355 g/mol. The van der Waals surface area contributed by atoms with E-state index >= 15 is 0 Å². The molecule has 0 unspecified atom stereocenters. The van der Waals surface area contributed by atoms with Crippen LogP contribution in [-0.4, -0.2) is 61.3 Å². The van der Waals surface area contributed by atoms with Gasteiger partial charge in [0.25, 0.3) is 0 Å². The molecule has 0 aliphatic carbocycles. The number of aliphatic imine (C=N–C) groups is 1. The number of nitrogens with one attached hydrogen (secondary N) is 2. The molecule has 1 fully saturated rings. The summed E-state index contributed by atoms with van der Waals surface area (Å²) in [6, 6.07) is 0. The standard InChI is InChI=1S/C20H42N4O/c1-3-5-6-7-8-9-10-14-22-20(21-4-2)23-15-11-16-24-17-12-19(25)13-18-24/h19,25H,3-18H2,1-2H3,(H2,21,22,23). The maximum Gasteiger partial charge on any atom is 0.191 e. The highest BCUT2D eigenvalue weighted by molar-refractivity contribution is 5.79. The van der Waals surface area contributed by atoms with E-state index in [0.717, 1.165) is 64.5 Å². The minimum Gasteiger partial charge on any atom is -0.393 e. The van der Waals surface area contributed by atoms with Crippen molar-refractivity contribution in [1.82, 2.24) is 15.5 Å². The van der Waals surface area contributed by atoms with Crippen LogP contribution in [0.15, 0.2) is 4.99 Å². The van der Waals surface area contributed by atoms with Gasteiger partial charge in [0.2, 0.25) is 0 Å². The largest absolute Gasteiger partial charge is 0.393 e. The van der Waals surface area contributed by atoms with Gasteiger partial charge in [-0.2, -0.15) is 0 Å². The topological polar surface area (TPSA) is 59.9 Å². The summed E-state index contributed by atoms with van der Waals surface area (Å²) in [5.74, 6) is 0.961. The molecule has 0 radical (unpaired) electrons. The fraction of sp³-hybridized carbons (Fsp3) is 0.950. The summed E-state index contributed by atoms with van der Waals surface area (Å²) in [5.41, 5.74) is 0. The van der Waals surface area contributed by atoms with Crippen LogP contribution in [0.25, 0.3) is 0 Å². The second-order valence-corrected chi connectivity index (χ2v) is 7.24. The SMILES string of the molecule is CCCCCCCCCNC(=NCCCN1CCC(O)CC1)NCC. The van der Waals surface area contributed by atoms with Crippen molar-refractivity contribution >= 4 is 5.96 Å². The zero-order valence-corrected chi connectivity index (χ0v) is 16.7. The van der Waals surface area contributed by atoms with E-state index in [1.165, 1.54) is 44.9 Å². The number of hydrogen-bond donors (Lipinski definition) is 3. The van der Waals surface area contributed by atoms with E-state index in [1.54, 1.807) is 0 Å². The van der Waals surface area contributed by atoms with Crippen molar-refractivity contribution in [3.63, 3.8) is 0 Å². The minimum atomic E-state index is -0.0783. The van der Waals surface area contributed by atoms with Gasteiger partial charge in [0, 0.05) is 32.7 Å². The van der Waals surface area contributed by atoms with E-state index in [1.807, 2.05) is 0 Å². The van der Waals surface area contributed by atoms with Gasteiger partial charge in [-0.25, -0.2) is 0 Å². The van der Waals surface area contributed by atoms with Crippen molar-refractivity contribution in [1.29, 1.82) is 0 Å². The van der Waals surface area contributed by atoms with Crippen molar-refractivity contribution in [2.24, 2.45) is 4.99 Å². The molecule has 1 rings (SSSR count). The van der Waals surface area contributed by atoms with Gasteiger partial charge in [-0.3, -0.25) is 4.99 Å². The van der Waals surface area contributed by atoms with Gasteiger partial charge in [0.05, 0.1) is 6.10 Å². The summed E-state index contributed by atoms with van der Waals surface area (Å²) < 4.78 is 0. The maximum absolute atomic E-state index is 9.54. The molecule has 148 valence electrons. The first-order valence-electron chi connectivity index (χ1n) is 10.7. The lowest BCUT2D eigenvalue weighted by atomic mass is 10.1. The number of aliphatic hydroxyl groups excluding tert-OH is 1. The molecule has 25 heavy (non-hydrogen) atoms. The normalized spacial score (nSPS) is 17.0. The highest BCUT2D eigenvalue weighted by atomic mass is 16.3. The first-order chi connectivity index (χ1) is 12.3. The van der Waals surface area contributed by atoms with E-state index in [0.29, 0.717) is 0 Å². The Morgan fingerprint density at radius 1 is 0.960 bits per heavy atom. The van der Waals surface area contributed by atoms with Gasteiger partial charge >= 0.3 is 0 Å². The van der Waals surface area contributed by atoms with Gasteiger partial charge in [-0.1, -0.05) is 45.4 Å². The molecule has 0 saturated carbocycles. The summed E-state index contributed by atoms with van der Waals surface area (Å²) in [6.07, 6.45) is 12.2. The first-order valence-corrected chi connectivity index (χ1v) is 10.7. The summed E-state index contributed by atoms with van der Waals surface area (Å²) >= 11 is 0. The molecular formula is C20H42N4O. The predicted molar refractivity (Wildman–Crippen MR) is 108 cm³/mol. The molecule has 1 aliphatic heterocycles. The summed E-state index contributed by atoms with van der Waals surface area (Å²) in [6.45, 7) is 10.3. The average Bonchev–Trinajstić information content (AvgIpc) is 2.62. The zero-order chi connectivity index (χ0) is 18.2. The van der Waals surface area contributed by atoms with Crippen molar-refractivity contribution in [3.05, 3.63) is 0 Å². The van der Waals surface area contributed by atoms with Crippen molar-refractivity contribution in [2.45, 2.75) is 84.2 Å². The quantitative estimate of drug-likeness (QED) is 0.270. The van der Waals surface area contributed by atoms with Gasteiger partial charge in [-0.05, 0) is 39.2 Å². The van der Waals surface area contributed by atoms with Gasteiger partial charge < -0.3 is 20.6 Å². The molecule has 0 bridgehead atoms. The Kier molecular flexibility index (Phi) is 13.7. The van der Waals surface area contributed by atoms with Crippen molar-refractivity contribution in [2.75, 3.05) is 39.3 Å². The maximum atomic E-state index is 9.54. The van der Waals surface area contributed by atoms with E-state index in [2.05, 4.69) is 34.4 Å². The van der Waals surface area contributed by atoms with Crippen LogP contribution in [0.2, 0.25) is 0 Å². The second kappa shape index (κ2) is 15.4. The Morgan fingerprint density at radius 3 is 2.32 bits per heavy atom. The fourth-order valence-electron chi connectivity index (χ4n) is 3.26. The van der Waals surface area contributed by atoms with Crippen LogP contribution in [0.3, 0.4) is 0 Å². The van der Waals surface area contributed by atoms with E-state index in [9.17, 15) is 5.11 Å². The third kappa shape index (κ3) is 12.2. The lowest BCUT2D eigenvalue weighted by Crippen LogP contribution is -2.38. The molecule has 1 saturated heterocycles. The van der Waals surface area contributed by atoms with E-state index in [4.69, 9.17) is 0 Å². The number of unbranched alkanes of at least 4 members (excludes halogenated alkanes) is 6. The van der Waals surface area contributed by atoms with Crippen molar-refractivity contribution < 1.29 is 5.11 Å². The number of hydrogen-bond acceptors (Lipinski definition) is 3. The molecule has 3 N–H and O–H groups in total. The summed E-state index contributed by atoms with van der Waals surface area (Å²) in [4.78, 5) is 7.14. The second-order valence-electron chi connectivity index (χ2n) is 7.24. The Morgan fingerprint density at radius 2 is 1.64 bits per heavy atom. The monoisotopic (exact) mass is 354 g/mol. The van der Waals surface area contributed by atoms with Crippen LogP contribution in [0, 0.1) is 0 Å². The fourth-order valence-corrected chi connectivity index (χ4v) is 3.26. The van der Waals surface area contributed by atoms with Crippen molar-refractivity contribution in [3.8, 4) is 0 Å². The van der Waals surface area contributed by atoms with Crippen LogP contribution >= 0.6 is 0 Å². The molecule has 0 aromatic heterocycles. The Bertz CT molecular complexity index is 328. The molecular weight excluding hydrogens is 312 g/mol. The van der Waals surface area contributed by atoms with Crippen LogP contribution < -0.4 is 10.6 Å². The molecule has 5 heteroatoms. The number of aliphatic hydroxyl groups is 1. The van der Waals surface area contributed by atoms with Crippen LogP contribution in [0.4, 0.5) is 0 Å². The molecule has 5 nitrogen and oxygen atoms in total. The molecule has 0 aromatic rings. The number of rotatable bonds is 13. The molecule has 0 spiro atoms. The lowest BCUT2D eigenvalue weighted by molar-refractivity contribution is 0.0824. The smallest absolute Gasteiger partial charge is 0.191 e. The summed E-state index contributed by atoms with van der Waals surface area (Å²) in [7, 11) is 0. The molecule has 1 heterocycles. The highest BCUT2D eigenvalue weighted by Gasteiger charge is 2.15. The van der Waals surface area contributed by atoms with E-state index in [-0.39, 0.29) is 6.10 Å². The number of piperidine rings is 1. The third-order valence-corrected chi connectivity index (χ3v) is 4.88. The number of nitrogens with zero attached hydrogens (tertiary/aromatic N) is 2. The van der Waals surface area contributed by atoms with Crippen LogP contribution in [0.5, 0.6) is 0 Å². The first kappa shape index (κ1) is 22.2. The Hall–Kier alpha value is -0.810. The Balaban J connectivity index is 2.06. The molecule has 0 aromatic carbocycles. The highest BCUT2D eigenvalue weighted by Crippen LogP contribution is 2.10.